The second-order valence-electron chi connectivity index (χ2n) is 4.09. The van der Waals surface area contributed by atoms with Crippen LogP contribution < -0.4 is 5.56 Å². The van der Waals surface area contributed by atoms with Crippen molar-refractivity contribution in [2.75, 3.05) is 0 Å². The van der Waals surface area contributed by atoms with Crippen LogP contribution in [0.2, 0.25) is 0 Å². The van der Waals surface area contributed by atoms with Crippen LogP contribution in [0, 0.1) is 4.77 Å². The van der Waals surface area contributed by atoms with E-state index in [4.69, 9.17) is 16.6 Å². The Morgan fingerprint density at radius 1 is 1.37 bits per heavy atom. The summed E-state index contributed by atoms with van der Waals surface area (Å²) in [6.07, 6.45) is 1.57. The maximum Gasteiger partial charge on any atom is 0.262 e. The van der Waals surface area contributed by atoms with Gasteiger partial charge in [0.05, 0.1) is 23.7 Å². The lowest BCUT2D eigenvalue weighted by atomic mass is 10.2. The Morgan fingerprint density at radius 3 is 2.95 bits per heavy atom. The summed E-state index contributed by atoms with van der Waals surface area (Å²) in [6, 6.07) is 9.03. The monoisotopic (exact) mass is 336 g/mol. The Labute approximate surface area is 121 Å². The van der Waals surface area contributed by atoms with Crippen LogP contribution in [0.1, 0.15) is 5.76 Å². The molecular formula is C13H9BrN2O2S. The Bertz CT molecular complexity index is 849. The number of aromatic amines is 1. The van der Waals surface area contributed by atoms with Gasteiger partial charge in [0.25, 0.3) is 5.56 Å². The van der Waals surface area contributed by atoms with Crippen LogP contribution in [-0.2, 0) is 6.54 Å². The molecular weight excluding hydrogens is 328 g/mol. The zero-order valence-electron chi connectivity index (χ0n) is 9.72. The zero-order chi connectivity index (χ0) is 13.4. The van der Waals surface area contributed by atoms with E-state index in [0.717, 1.165) is 9.99 Å². The summed E-state index contributed by atoms with van der Waals surface area (Å²) >= 11 is 8.60. The Kier molecular flexibility index (Phi) is 3.12. The summed E-state index contributed by atoms with van der Waals surface area (Å²) < 4.78 is 8.02. The average Bonchev–Trinajstić information content (AvgIpc) is 2.87. The normalized spacial score (nSPS) is 11.0. The second-order valence-corrected chi connectivity index (χ2v) is 5.39. The van der Waals surface area contributed by atoms with E-state index in [1.807, 2.05) is 18.2 Å². The van der Waals surface area contributed by atoms with Crippen LogP contribution in [0.15, 0.2) is 50.3 Å². The fourth-order valence-electron chi connectivity index (χ4n) is 1.93. The summed E-state index contributed by atoms with van der Waals surface area (Å²) in [5.74, 6) is 0.693. The van der Waals surface area contributed by atoms with Gasteiger partial charge in [-0.1, -0.05) is 15.9 Å². The molecule has 0 unspecified atom stereocenters. The molecule has 0 bridgehead atoms. The first kappa shape index (κ1) is 12.4. The number of halogens is 1. The van der Waals surface area contributed by atoms with Gasteiger partial charge < -0.3 is 9.40 Å². The predicted molar refractivity (Wildman–Crippen MR) is 78.9 cm³/mol. The van der Waals surface area contributed by atoms with Gasteiger partial charge in [0, 0.05) is 4.47 Å². The molecule has 0 aliphatic carbocycles. The topological polar surface area (TPSA) is 50.9 Å². The standard InChI is InChI=1S/C13H9BrN2O2S/c14-8-3-4-10-11(6-8)15-13(19)16(12(10)17)7-9-2-1-5-18-9/h1-6H,7H2,(H,15,19). The highest BCUT2D eigenvalue weighted by atomic mass is 79.9. The first-order chi connectivity index (χ1) is 9.15. The number of hydrogen-bond donors (Lipinski definition) is 1. The van der Waals surface area contributed by atoms with E-state index < -0.39 is 0 Å². The van der Waals surface area contributed by atoms with Gasteiger partial charge in [-0.15, -0.1) is 0 Å². The summed E-state index contributed by atoms with van der Waals surface area (Å²) in [4.78, 5) is 15.5. The number of aromatic nitrogens is 2. The van der Waals surface area contributed by atoms with Crippen molar-refractivity contribution >= 4 is 39.1 Å². The highest BCUT2D eigenvalue weighted by Crippen LogP contribution is 2.15. The smallest absolute Gasteiger partial charge is 0.262 e. The van der Waals surface area contributed by atoms with E-state index in [-0.39, 0.29) is 5.56 Å². The highest BCUT2D eigenvalue weighted by Gasteiger charge is 2.07. The fourth-order valence-corrected chi connectivity index (χ4v) is 2.55. The van der Waals surface area contributed by atoms with Gasteiger partial charge in [-0.3, -0.25) is 9.36 Å². The van der Waals surface area contributed by atoms with Crippen LogP contribution in [0.3, 0.4) is 0 Å². The van der Waals surface area contributed by atoms with Gasteiger partial charge in [-0.05, 0) is 42.5 Å². The van der Waals surface area contributed by atoms with Crippen LogP contribution >= 0.6 is 28.1 Å². The molecule has 0 amide bonds. The molecule has 0 radical (unpaired) electrons. The Hall–Kier alpha value is -1.66. The third kappa shape index (κ3) is 2.29. The maximum atomic E-state index is 12.4. The molecule has 0 saturated carbocycles. The van der Waals surface area contributed by atoms with Crippen molar-refractivity contribution in [3.05, 3.63) is 62.0 Å². The molecule has 0 saturated heterocycles. The fraction of sp³-hybridized carbons (Fsp3) is 0.0769. The number of furan rings is 1. The lowest BCUT2D eigenvalue weighted by Gasteiger charge is -2.06. The SMILES string of the molecule is O=c1c2ccc(Br)cc2[nH]c(=S)n1Cc1ccco1. The van der Waals surface area contributed by atoms with Crippen molar-refractivity contribution in [2.24, 2.45) is 0 Å². The lowest BCUT2D eigenvalue weighted by molar-refractivity contribution is 0.487. The number of nitrogens with zero attached hydrogens (tertiary/aromatic N) is 1. The predicted octanol–water partition coefficient (Wildman–Crippen LogP) is 3.46. The van der Waals surface area contributed by atoms with Crippen molar-refractivity contribution in [1.29, 1.82) is 0 Å². The van der Waals surface area contributed by atoms with Crippen molar-refractivity contribution in [1.82, 2.24) is 9.55 Å². The summed E-state index contributed by atoms with van der Waals surface area (Å²) in [5, 5.41) is 0.600. The van der Waals surface area contributed by atoms with Gasteiger partial charge in [-0.25, -0.2) is 0 Å². The molecule has 3 aromatic rings. The first-order valence-corrected chi connectivity index (χ1v) is 6.80. The number of nitrogens with one attached hydrogen (secondary N) is 1. The molecule has 96 valence electrons. The molecule has 1 aromatic carbocycles. The zero-order valence-corrected chi connectivity index (χ0v) is 12.1. The van der Waals surface area contributed by atoms with Gasteiger partial charge in [0.15, 0.2) is 4.77 Å². The first-order valence-electron chi connectivity index (χ1n) is 5.60. The van der Waals surface area contributed by atoms with Gasteiger partial charge in [0.2, 0.25) is 0 Å². The number of rotatable bonds is 2. The van der Waals surface area contributed by atoms with Crippen LogP contribution in [-0.4, -0.2) is 9.55 Å². The van der Waals surface area contributed by atoms with Crippen molar-refractivity contribution in [2.45, 2.75) is 6.54 Å². The molecule has 4 nitrogen and oxygen atoms in total. The molecule has 0 atom stereocenters. The van der Waals surface area contributed by atoms with Gasteiger partial charge >= 0.3 is 0 Å². The van der Waals surface area contributed by atoms with E-state index in [1.54, 1.807) is 18.4 Å². The molecule has 3 rings (SSSR count). The number of hydrogen-bond acceptors (Lipinski definition) is 3. The van der Waals surface area contributed by atoms with E-state index >= 15 is 0 Å². The Morgan fingerprint density at radius 2 is 2.21 bits per heavy atom. The minimum atomic E-state index is -0.123. The number of benzene rings is 1. The average molecular weight is 337 g/mol. The third-order valence-electron chi connectivity index (χ3n) is 2.84. The molecule has 2 aromatic heterocycles. The van der Waals surface area contributed by atoms with E-state index in [0.29, 0.717) is 22.5 Å². The minimum absolute atomic E-state index is 0.123. The van der Waals surface area contributed by atoms with E-state index in [9.17, 15) is 4.79 Å². The molecule has 0 aliphatic rings. The third-order valence-corrected chi connectivity index (χ3v) is 3.65. The summed E-state index contributed by atoms with van der Waals surface area (Å²) in [5.41, 5.74) is 0.600. The minimum Gasteiger partial charge on any atom is -0.467 e. The molecule has 19 heavy (non-hydrogen) atoms. The van der Waals surface area contributed by atoms with Crippen LogP contribution in [0.4, 0.5) is 0 Å². The summed E-state index contributed by atoms with van der Waals surface area (Å²) in [7, 11) is 0. The number of H-pyrrole nitrogens is 1. The van der Waals surface area contributed by atoms with Crippen LogP contribution in [0.5, 0.6) is 0 Å². The maximum absolute atomic E-state index is 12.4. The van der Waals surface area contributed by atoms with Gasteiger partial charge in [0.1, 0.15) is 5.76 Å². The van der Waals surface area contributed by atoms with Gasteiger partial charge in [-0.2, -0.15) is 0 Å². The van der Waals surface area contributed by atoms with Crippen molar-refractivity contribution in [3.8, 4) is 0 Å². The molecule has 0 aliphatic heterocycles. The Balaban J connectivity index is 2.23. The lowest BCUT2D eigenvalue weighted by Crippen LogP contribution is -2.22. The van der Waals surface area contributed by atoms with Crippen molar-refractivity contribution < 1.29 is 4.42 Å². The number of fused-ring (bicyclic) bond motifs is 1. The summed E-state index contributed by atoms with van der Waals surface area (Å²) in [6.45, 7) is 0.327. The molecule has 0 spiro atoms. The molecule has 2 heterocycles. The van der Waals surface area contributed by atoms with E-state index in [1.165, 1.54) is 4.57 Å². The molecule has 1 N–H and O–H groups in total. The highest BCUT2D eigenvalue weighted by molar-refractivity contribution is 9.10. The van der Waals surface area contributed by atoms with Crippen molar-refractivity contribution in [3.63, 3.8) is 0 Å². The molecule has 0 fully saturated rings. The molecule has 6 heteroatoms. The van der Waals surface area contributed by atoms with E-state index in [2.05, 4.69) is 20.9 Å². The largest absolute Gasteiger partial charge is 0.467 e. The second kappa shape index (κ2) is 4.79. The quantitative estimate of drug-likeness (QED) is 0.729. The van der Waals surface area contributed by atoms with Crippen LogP contribution in [0.25, 0.3) is 10.9 Å².